The molecule has 0 spiro atoms. The van der Waals surface area contributed by atoms with Crippen LogP contribution < -0.4 is 4.90 Å². The Labute approximate surface area is 265 Å². The van der Waals surface area contributed by atoms with Crippen LogP contribution in [-0.2, 0) is 9.59 Å². The number of phenols is 1. The van der Waals surface area contributed by atoms with Gasteiger partial charge in [-0.3, -0.25) is 24.7 Å². The molecule has 46 heavy (non-hydrogen) atoms. The van der Waals surface area contributed by atoms with Gasteiger partial charge < -0.3 is 15.3 Å². The Balaban J connectivity index is 1.29. The molecule has 234 valence electrons. The number of fused-ring (bicyclic) bond motifs is 2. The molecule has 10 nitrogen and oxygen atoms in total. The fourth-order valence-corrected chi connectivity index (χ4v) is 7.01. The lowest BCUT2D eigenvalue weighted by atomic mass is 9.68. The van der Waals surface area contributed by atoms with Gasteiger partial charge in [-0.25, -0.2) is 4.90 Å². The van der Waals surface area contributed by atoms with Crippen molar-refractivity contribution in [1.82, 2.24) is 4.98 Å². The highest BCUT2D eigenvalue weighted by atomic mass is 16.6. The molecule has 0 saturated carbocycles. The van der Waals surface area contributed by atoms with Gasteiger partial charge in [-0.15, -0.1) is 0 Å². The van der Waals surface area contributed by atoms with E-state index in [1.54, 1.807) is 12.3 Å². The number of allylic oxidation sites excluding steroid dienone is 2. The predicted molar refractivity (Wildman–Crippen MR) is 173 cm³/mol. The Bertz CT molecular complexity index is 1900. The van der Waals surface area contributed by atoms with Gasteiger partial charge in [0.2, 0.25) is 11.8 Å². The summed E-state index contributed by atoms with van der Waals surface area (Å²) < 4.78 is 0. The van der Waals surface area contributed by atoms with Crippen molar-refractivity contribution in [2.45, 2.75) is 32.3 Å². The number of aromatic hydroxyl groups is 1. The molecule has 4 aromatic rings. The number of rotatable bonds is 9. The molecule has 2 aliphatic rings. The van der Waals surface area contributed by atoms with Crippen LogP contribution in [0.15, 0.2) is 96.2 Å². The van der Waals surface area contributed by atoms with Crippen LogP contribution in [0.5, 0.6) is 5.75 Å². The largest absolute Gasteiger partial charge is 0.507 e. The molecule has 4 atom stereocenters. The second kappa shape index (κ2) is 12.7. The molecule has 2 heterocycles. The topological polar surface area (TPSA) is 154 Å². The molecule has 3 N–H and O–H groups in total. The lowest BCUT2D eigenvalue weighted by Gasteiger charge is -2.35. The van der Waals surface area contributed by atoms with E-state index in [0.717, 1.165) is 38.1 Å². The third-order valence-electron chi connectivity index (χ3n) is 9.13. The van der Waals surface area contributed by atoms with Crippen molar-refractivity contribution in [3.05, 3.63) is 118 Å². The van der Waals surface area contributed by atoms with Crippen LogP contribution in [0.1, 0.15) is 37.4 Å². The van der Waals surface area contributed by atoms with Crippen LogP contribution in [0.3, 0.4) is 0 Å². The van der Waals surface area contributed by atoms with E-state index in [2.05, 4.69) is 4.98 Å². The van der Waals surface area contributed by atoms with Gasteiger partial charge in [0.15, 0.2) is 0 Å². The number of carbonyl (C=O) groups excluding carboxylic acids is 2. The van der Waals surface area contributed by atoms with Crippen molar-refractivity contribution in [2.75, 3.05) is 11.5 Å². The molecule has 3 aromatic carbocycles. The summed E-state index contributed by atoms with van der Waals surface area (Å²) in [6.45, 7) is 1.36. The monoisotopic (exact) mass is 619 g/mol. The number of imide groups is 1. The maximum absolute atomic E-state index is 13.7. The van der Waals surface area contributed by atoms with Crippen LogP contribution in [0.2, 0.25) is 0 Å². The zero-order chi connectivity index (χ0) is 32.5. The van der Waals surface area contributed by atoms with E-state index in [1.807, 2.05) is 61.5 Å². The van der Waals surface area contributed by atoms with Crippen molar-refractivity contribution >= 4 is 45.6 Å². The van der Waals surface area contributed by atoms with Gasteiger partial charge in [-0.2, -0.15) is 0 Å². The SMILES string of the molecule is CC1=C([C@H](O)CC/C(=C/c2ccc(O)c3ccccc23)c2ccccn2)[C@H](CO)[C@@H]2C(=O)N(c3cccc([N+](=O)[O-])c3)C(=O)[C@@H]2C1. The van der Waals surface area contributed by atoms with E-state index in [0.29, 0.717) is 12.0 Å². The smallest absolute Gasteiger partial charge is 0.271 e. The van der Waals surface area contributed by atoms with Gasteiger partial charge in [-0.1, -0.05) is 48.0 Å². The lowest BCUT2D eigenvalue weighted by molar-refractivity contribution is -0.384. The van der Waals surface area contributed by atoms with Gasteiger partial charge in [0, 0.05) is 29.6 Å². The number of carbonyl (C=O) groups is 2. The molecule has 1 aromatic heterocycles. The van der Waals surface area contributed by atoms with Crippen molar-refractivity contribution in [3.63, 3.8) is 0 Å². The zero-order valence-corrected chi connectivity index (χ0v) is 25.1. The van der Waals surface area contributed by atoms with Crippen LogP contribution in [0.4, 0.5) is 11.4 Å². The van der Waals surface area contributed by atoms with E-state index in [9.17, 15) is 35.0 Å². The molecule has 0 unspecified atom stereocenters. The third kappa shape index (κ3) is 5.57. The number of phenolic OH excluding ortho intramolecular Hbond substituents is 1. The average Bonchev–Trinajstić information content (AvgIpc) is 3.32. The number of hydrogen-bond acceptors (Lipinski definition) is 8. The molecule has 1 fully saturated rings. The first-order chi connectivity index (χ1) is 22.2. The Morgan fingerprint density at radius 1 is 1.04 bits per heavy atom. The summed E-state index contributed by atoms with van der Waals surface area (Å²) in [5.74, 6) is -3.27. The number of benzene rings is 3. The zero-order valence-electron chi connectivity index (χ0n) is 25.1. The van der Waals surface area contributed by atoms with Crippen LogP contribution in [0.25, 0.3) is 22.4 Å². The molecule has 0 bridgehead atoms. The highest BCUT2D eigenvalue weighted by Crippen LogP contribution is 2.47. The summed E-state index contributed by atoms with van der Waals surface area (Å²) in [4.78, 5) is 43.5. The number of aliphatic hydroxyl groups excluding tert-OH is 2. The number of amides is 2. The summed E-state index contributed by atoms with van der Waals surface area (Å²) in [6, 6.07) is 22.0. The van der Waals surface area contributed by atoms with E-state index in [4.69, 9.17) is 0 Å². The Morgan fingerprint density at radius 3 is 2.52 bits per heavy atom. The Morgan fingerprint density at radius 2 is 1.80 bits per heavy atom. The second-order valence-corrected chi connectivity index (χ2v) is 11.8. The molecule has 2 amide bonds. The van der Waals surface area contributed by atoms with Crippen molar-refractivity contribution in [3.8, 4) is 5.75 Å². The minimum Gasteiger partial charge on any atom is -0.507 e. The normalized spacial score (nSPS) is 20.7. The van der Waals surface area contributed by atoms with E-state index < -0.39 is 47.2 Å². The lowest BCUT2D eigenvalue weighted by Crippen LogP contribution is -2.38. The number of nitro groups is 1. The van der Waals surface area contributed by atoms with Crippen molar-refractivity contribution < 1.29 is 29.8 Å². The highest BCUT2D eigenvalue weighted by molar-refractivity contribution is 6.22. The number of nitro benzene ring substituents is 1. The fourth-order valence-electron chi connectivity index (χ4n) is 7.01. The summed E-state index contributed by atoms with van der Waals surface area (Å²) in [5, 5.41) is 45.5. The van der Waals surface area contributed by atoms with E-state index in [-0.39, 0.29) is 30.0 Å². The minimum atomic E-state index is -1.02. The number of aliphatic hydroxyl groups is 2. The van der Waals surface area contributed by atoms with Gasteiger partial charge in [0.05, 0.1) is 40.9 Å². The first-order valence-electron chi connectivity index (χ1n) is 15.1. The molecular weight excluding hydrogens is 586 g/mol. The average molecular weight is 620 g/mol. The quantitative estimate of drug-likeness (QED) is 0.0938. The molecule has 10 heteroatoms. The Kier molecular flexibility index (Phi) is 8.48. The molecule has 0 radical (unpaired) electrons. The summed E-state index contributed by atoms with van der Waals surface area (Å²) >= 11 is 0. The standard InChI is InChI=1S/C36H33N3O7/c1-21-17-28-34(36(44)38(35(28)43)24-7-6-8-25(19-24)39(45)46)29(20-40)33(21)32(42)15-13-23(30-11-4-5-16-37-30)18-22-12-14-31(41)27-10-3-2-9-26(22)27/h2-12,14,16,18-19,28-29,32,34,40-42H,13,15,17,20H2,1H3/b23-18-/t28-,29+,32-,34-/m1/s1. The minimum absolute atomic E-state index is 0.113. The number of nitrogens with zero attached hydrogens (tertiary/aromatic N) is 3. The van der Waals surface area contributed by atoms with E-state index in [1.165, 1.54) is 24.3 Å². The molecular formula is C36H33N3O7. The first-order valence-corrected chi connectivity index (χ1v) is 15.1. The van der Waals surface area contributed by atoms with Crippen LogP contribution in [-0.4, -0.2) is 49.8 Å². The summed E-state index contributed by atoms with van der Waals surface area (Å²) in [6.07, 6.45) is 3.57. The number of non-ortho nitro benzene ring substituents is 1. The molecule has 6 rings (SSSR count). The van der Waals surface area contributed by atoms with Gasteiger partial charge in [0.25, 0.3) is 5.69 Å². The van der Waals surface area contributed by atoms with Gasteiger partial charge >= 0.3 is 0 Å². The first kappa shape index (κ1) is 30.8. The summed E-state index contributed by atoms with van der Waals surface area (Å²) in [7, 11) is 0. The number of hydrogen-bond donors (Lipinski definition) is 3. The van der Waals surface area contributed by atoms with Crippen molar-refractivity contribution in [1.29, 1.82) is 0 Å². The maximum atomic E-state index is 13.7. The second-order valence-electron chi connectivity index (χ2n) is 11.8. The number of pyridine rings is 1. The molecule has 1 saturated heterocycles. The van der Waals surface area contributed by atoms with Crippen molar-refractivity contribution in [2.24, 2.45) is 17.8 Å². The number of anilines is 1. The van der Waals surface area contributed by atoms with Gasteiger partial charge in [-0.05, 0) is 78.6 Å². The maximum Gasteiger partial charge on any atom is 0.271 e. The van der Waals surface area contributed by atoms with Gasteiger partial charge in [0.1, 0.15) is 5.75 Å². The fraction of sp³-hybridized carbons (Fsp3) is 0.250. The highest BCUT2D eigenvalue weighted by Gasteiger charge is 2.55. The van der Waals surface area contributed by atoms with Crippen LogP contribution in [0, 0.1) is 27.9 Å². The van der Waals surface area contributed by atoms with E-state index >= 15 is 0 Å². The number of aromatic nitrogens is 1. The summed E-state index contributed by atoms with van der Waals surface area (Å²) in [5.41, 5.74) is 3.61. The Hall–Kier alpha value is -5.19. The predicted octanol–water partition coefficient (Wildman–Crippen LogP) is 5.66. The molecule has 1 aliphatic carbocycles. The molecule has 1 aliphatic heterocycles. The third-order valence-corrected chi connectivity index (χ3v) is 9.13. The van der Waals surface area contributed by atoms with Crippen LogP contribution >= 0.6 is 0 Å².